The van der Waals surface area contributed by atoms with Crippen LogP contribution in [0.4, 0.5) is 24.5 Å². The van der Waals surface area contributed by atoms with Crippen molar-refractivity contribution in [3.63, 3.8) is 0 Å². The minimum Gasteiger partial charge on any atom is -0.507 e. The summed E-state index contributed by atoms with van der Waals surface area (Å²) in [5.41, 5.74) is 2.16. The van der Waals surface area contributed by atoms with Gasteiger partial charge in [0, 0.05) is 4.91 Å². The maximum Gasteiger partial charge on any atom is 0.516 e. The van der Waals surface area contributed by atoms with Gasteiger partial charge in [-0.05, 0) is 36.6 Å². The molecule has 0 fully saturated rings. The summed E-state index contributed by atoms with van der Waals surface area (Å²) in [6.45, 7) is 2.65. The third-order valence-electron chi connectivity index (χ3n) is 2.55. The van der Waals surface area contributed by atoms with E-state index in [-0.39, 0.29) is 16.8 Å². The van der Waals surface area contributed by atoms with Gasteiger partial charge in [0.25, 0.3) is 0 Å². The van der Waals surface area contributed by atoms with E-state index in [0.29, 0.717) is 0 Å². The molecule has 0 aliphatic carbocycles. The zero-order valence-electron chi connectivity index (χ0n) is 10.2. The smallest absolute Gasteiger partial charge is 0.507 e. The first-order valence-electron chi connectivity index (χ1n) is 4.98. The highest BCUT2D eigenvalue weighted by molar-refractivity contribution is 7.93. The Labute approximate surface area is 111 Å². The molecule has 0 aromatic heterocycles. The highest BCUT2D eigenvalue weighted by Crippen LogP contribution is 2.38. The molecule has 7 nitrogen and oxygen atoms in total. The molecular formula is C9H9F3N4O3S. The largest absolute Gasteiger partial charge is 0.516 e. The van der Waals surface area contributed by atoms with Crippen molar-refractivity contribution < 1.29 is 26.7 Å². The number of hydrogen-bond donors (Lipinski definition) is 2. The zero-order valence-corrected chi connectivity index (χ0v) is 11.0. The summed E-state index contributed by atoms with van der Waals surface area (Å²) in [4.78, 5) is 2.39. The number of sulfonamides is 1. The lowest BCUT2D eigenvalue weighted by molar-refractivity contribution is -0.0429. The van der Waals surface area contributed by atoms with Crippen LogP contribution in [0.1, 0.15) is 11.1 Å². The number of benzene rings is 1. The molecule has 0 spiro atoms. The molecule has 0 saturated carbocycles. The highest BCUT2D eigenvalue weighted by atomic mass is 32.2. The van der Waals surface area contributed by atoms with E-state index in [2.05, 4.69) is 10.0 Å². The van der Waals surface area contributed by atoms with Gasteiger partial charge in [0.05, 0.1) is 11.4 Å². The van der Waals surface area contributed by atoms with Gasteiger partial charge in [-0.15, -0.1) is 0 Å². The first kappa shape index (κ1) is 15.9. The van der Waals surface area contributed by atoms with E-state index in [0.717, 1.165) is 6.07 Å². The molecule has 0 radical (unpaired) electrons. The lowest BCUT2D eigenvalue weighted by Crippen LogP contribution is -2.30. The van der Waals surface area contributed by atoms with E-state index in [1.165, 1.54) is 18.6 Å². The number of hydrogen-bond acceptors (Lipinski definition) is 4. The molecule has 0 aliphatic rings. The average molecular weight is 310 g/mol. The fourth-order valence-corrected chi connectivity index (χ4v) is 1.94. The van der Waals surface area contributed by atoms with Gasteiger partial charge in [-0.1, -0.05) is 5.11 Å². The Balaban J connectivity index is 3.45. The summed E-state index contributed by atoms with van der Waals surface area (Å²) in [7, 11) is -5.60. The number of halogens is 3. The minimum absolute atomic E-state index is 0.0761. The van der Waals surface area contributed by atoms with Crippen molar-refractivity contribution in [2.24, 2.45) is 5.11 Å². The summed E-state index contributed by atoms with van der Waals surface area (Å²) in [5, 5.41) is 12.7. The van der Waals surface area contributed by atoms with E-state index in [1.807, 2.05) is 0 Å². The van der Waals surface area contributed by atoms with Gasteiger partial charge in [-0.2, -0.15) is 21.6 Å². The molecular weight excluding hydrogens is 301 g/mol. The van der Waals surface area contributed by atoms with Crippen LogP contribution in [0.2, 0.25) is 0 Å². The summed E-state index contributed by atoms with van der Waals surface area (Å²) < 4.78 is 60.3. The predicted molar refractivity (Wildman–Crippen MR) is 65.0 cm³/mol. The zero-order chi connectivity index (χ0) is 15.7. The number of alkyl halides is 3. The standard InChI is InChI=1S/C9H9F3N4O3S/c1-4-5(2)8(17)7(14-16-13)3-6(4)15-20(18,19)9(10,11)12/h3,15,17H,1-2H3. The molecule has 0 amide bonds. The van der Waals surface area contributed by atoms with Crippen molar-refractivity contribution in [2.75, 3.05) is 4.72 Å². The molecule has 0 bridgehead atoms. The van der Waals surface area contributed by atoms with Gasteiger partial charge in [-0.25, -0.2) is 0 Å². The fraction of sp³-hybridized carbons (Fsp3) is 0.333. The van der Waals surface area contributed by atoms with E-state index in [9.17, 15) is 26.7 Å². The SMILES string of the molecule is Cc1c(NS(=O)(=O)C(F)(F)F)cc(N=[N+]=[N-])c(O)c1C. The van der Waals surface area contributed by atoms with Gasteiger partial charge >= 0.3 is 15.5 Å². The number of nitrogens with one attached hydrogen (secondary N) is 1. The first-order chi connectivity index (χ1) is 9.01. The second-order valence-corrected chi connectivity index (χ2v) is 5.46. The van der Waals surface area contributed by atoms with Crippen molar-refractivity contribution >= 4 is 21.4 Å². The van der Waals surface area contributed by atoms with E-state index in [4.69, 9.17) is 5.53 Å². The third-order valence-corrected chi connectivity index (χ3v) is 3.64. The predicted octanol–water partition coefficient (Wildman–Crippen LogP) is 3.21. The van der Waals surface area contributed by atoms with Gasteiger partial charge in [-0.3, -0.25) is 4.72 Å². The molecule has 2 N–H and O–H groups in total. The van der Waals surface area contributed by atoms with Crippen molar-refractivity contribution in [3.05, 3.63) is 27.6 Å². The average Bonchev–Trinajstić information content (AvgIpc) is 2.31. The van der Waals surface area contributed by atoms with Crippen LogP contribution in [0.15, 0.2) is 11.2 Å². The van der Waals surface area contributed by atoms with Crippen LogP contribution in [-0.2, 0) is 10.0 Å². The Bertz CT molecular complexity index is 693. The number of rotatable bonds is 3. The number of azide groups is 1. The van der Waals surface area contributed by atoms with Gasteiger partial charge < -0.3 is 5.11 Å². The van der Waals surface area contributed by atoms with Crippen LogP contribution in [0, 0.1) is 13.8 Å². The van der Waals surface area contributed by atoms with Crippen LogP contribution in [0.25, 0.3) is 10.4 Å². The lowest BCUT2D eigenvalue weighted by atomic mass is 10.1. The molecule has 0 unspecified atom stereocenters. The van der Waals surface area contributed by atoms with Crippen LogP contribution in [0.3, 0.4) is 0 Å². The second kappa shape index (κ2) is 5.10. The minimum atomic E-state index is -5.60. The highest BCUT2D eigenvalue weighted by Gasteiger charge is 2.46. The Hall–Kier alpha value is -2.13. The van der Waals surface area contributed by atoms with Crippen LogP contribution in [0.5, 0.6) is 5.75 Å². The molecule has 0 aliphatic heterocycles. The number of nitrogens with zero attached hydrogens (tertiary/aromatic N) is 3. The van der Waals surface area contributed by atoms with E-state index in [1.54, 1.807) is 0 Å². The quantitative estimate of drug-likeness (QED) is 0.386. The Morgan fingerprint density at radius 3 is 2.35 bits per heavy atom. The Morgan fingerprint density at radius 2 is 1.90 bits per heavy atom. The number of anilines is 1. The summed E-state index contributed by atoms with van der Waals surface area (Å²) in [5.74, 6) is -0.435. The van der Waals surface area contributed by atoms with Crippen molar-refractivity contribution in [2.45, 2.75) is 19.4 Å². The maximum absolute atomic E-state index is 12.3. The molecule has 0 saturated heterocycles. The molecule has 0 heterocycles. The van der Waals surface area contributed by atoms with Crippen molar-refractivity contribution in [1.29, 1.82) is 0 Å². The van der Waals surface area contributed by atoms with Gasteiger partial charge in [0.1, 0.15) is 5.75 Å². The topological polar surface area (TPSA) is 115 Å². The molecule has 1 rings (SSSR count). The molecule has 110 valence electrons. The molecule has 0 atom stereocenters. The number of phenols is 1. The number of aromatic hydroxyl groups is 1. The van der Waals surface area contributed by atoms with Crippen LogP contribution >= 0.6 is 0 Å². The van der Waals surface area contributed by atoms with E-state index < -0.39 is 27.0 Å². The monoisotopic (exact) mass is 310 g/mol. The molecule has 1 aromatic rings. The van der Waals surface area contributed by atoms with Crippen molar-refractivity contribution in [3.8, 4) is 5.75 Å². The van der Waals surface area contributed by atoms with Crippen LogP contribution < -0.4 is 4.72 Å². The second-order valence-electron chi connectivity index (χ2n) is 3.78. The fourth-order valence-electron chi connectivity index (χ4n) is 1.32. The number of phenolic OH excluding ortho intramolecular Hbond substituents is 1. The summed E-state index contributed by atoms with van der Waals surface area (Å²) in [6.07, 6.45) is 0. The van der Waals surface area contributed by atoms with Gasteiger partial charge in [0.15, 0.2) is 0 Å². The maximum atomic E-state index is 12.3. The molecule has 1 aromatic carbocycles. The third kappa shape index (κ3) is 2.89. The molecule has 11 heteroatoms. The van der Waals surface area contributed by atoms with Crippen LogP contribution in [-0.4, -0.2) is 19.0 Å². The summed E-state index contributed by atoms with van der Waals surface area (Å²) in [6, 6.07) is 0.820. The van der Waals surface area contributed by atoms with Crippen molar-refractivity contribution in [1.82, 2.24) is 0 Å². The Kier molecular flexibility index (Phi) is 4.06. The normalized spacial score (nSPS) is 11.8. The Morgan fingerprint density at radius 1 is 1.35 bits per heavy atom. The lowest BCUT2D eigenvalue weighted by Gasteiger charge is -2.15. The van der Waals surface area contributed by atoms with Gasteiger partial charge in [0.2, 0.25) is 0 Å². The molecule has 20 heavy (non-hydrogen) atoms. The van der Waals surface area contributed by atoms with E-state index >= 15 is 0 Å². The summed E-state index contributed by atoms with van der Waals surface area (Å²) >= 11 is 0. The first-order valence-corrected chi connectivity index (χ1v) is 6.47.